The van der Waals surface area contributed by atoms with Crippen molar-refractivity contribution in [1.29, 1.82) is 0 Å². The molecule has 0 bridgehead atoms. The van der Waals surface area contributed by atoms with Crippen molar-refractivity contribution in [2.24, 2.45) is 5.41 Å². The SMILES string of the molecule is COc1c(C)cc(CNCC(C)(C)CO)c(C)c1C. The molecule has 0 aliphatic heterocycles. The largest absolute Gasteiger partial charge is 0.496 e. The van der Waals surface area contributed by atoms with E-state index in [2.05, 4.69) is 46.0 Å². The van der Waals surface area contributed by atoms with E-state index in [0.717, 1.165) is 18.8 Å². The summed E-state index contributed by atoms with van der Waals surface area (Å²) in [7, 11) is 1.72. The Hall–Kier alpha value is -1.06. The first kappa shape index (κ1) is 16.0. The average molecular weight is 265 g/mol. The van der Waals surface area contributed by atoms with Crippen molar-refractivity contribution in [2.45, 2.75) is 41.2 Å². The summed E-state index contributed by atoms with van der Waals surface area (Å²) < 4.78 is 5.43. The number of hydrogen-bond acceptors (Lipinski definition) is 3. The zero-order valence-corrected chi connectivity index (χ0v) is 13.1. The predicted octanol–water partition coefficient (Wildman–Crippen LogP) is 2.73. The molecule has 0 unspecified atom stereocenters. The van der Waals surface area contributed by atoms with Crippen molar-refractivity contribution in [3.05, 3.63) is 28.3 Å². The Morgan fingerprint density at radius 2 is 1.84 bits per heavy atom. The maximum atomic E-state index is 9.25. The first-order valence-corrected chi connectivity index (χ1v) is 6.77. The third kappa shape index (κ3) is 3.95. The molecule has 1 aromatic rings. The van der Waals surface area contributed by atoms with Crippen LogP contribution in [0.1, 0.15) is 36.1 Å². The number of methoxy groups -OCH3 is 1. The van der Waals surface area contributed by atoms with E-state index in [9.17, 15) is 5.11 Å². The molecule has 0 radical (unpaired) electrons. The molecule has 0 spiro atoms. The standard InChI is InChI=1S/C16H27NO2/c1-11-7-14(8-17-9-16(4,5)10-18)12(2)13(3)15(11)19-6/h7,17-18H,8-10H2,1-6H3. The Morgan fingerprint density at radius 3 is 2.37 bits per heavy atom. The molecule has 3 heteroatoms. The van der Waals surface area contributed by atoms with Crippen LogP contribution in [-0.4, -0.2) is 25.4 Å². The minimum absolute atomic E-state index is 0.0789. The molecule has 0 amide bonds. The summed E-state index contributed by atoms with van der Waals surface area (Å²) in [6, 6.07) is 2.18. The van der Waals surface area contributed by atoms with Gasteiger partial charge in [-0.25, -0.2) is 0 Å². The third-order valence-corrected chi connectivity index (χ3v) is 3.68. The second-order valence-electron chi connectivity index (χ2n) is 6.06. The minimum Gasteiger partial charge on any atom is -0.496 e. The Labute approximate surface area is 117 Å². The molecule has 108 valence electrons. The fourth-order valence-electron chi connectivity index (χ4n) is 2.23. The van der Waals surface area contributed by atoms with Crippen LogP contribution in [0.4, 0.5) is 0 Å². The molecule has 0 saturated heterocycles. The maximum Gasteiger partial charge on any atom is 0.124 e. The number of benzene rings is 1. The molecule has 0 saturated carbocycles. The lowest BCUT2D eigenvalue weighted by Crippen LogP contribution is -2.32. The van der Waals surface area contributed by atoms with Crippen LogP contribution in [-0.2, 0) is 6.54 Å². The maximum absolute atomic E-state index is 9.25. The first-order valence-electron chi connectivity index (χ1n) is 6.77. The van der Waals surface area contributed by atoms with Crippen molar-refractivity contribution < 1.29 is 9.84 Å². The van der Waals surface area contributed by atoms with E-state index in [1.165, 1.54) is 22.3 Å². The van der Waals surface area contributed by atoms with Crippen molar-refractivity contribution >= 4 is 0 Å². The van der Waals surface area contributed by atoms with Crippen molar-refractivity contribution in [2.75, 3.05) is 20.3 Å². The highest BCUT2D eigenvalue weighted by Crippen LogP contribution is 2.28. The van der Waals surface area contributed by atoms with Crippen LogP contribution >= 0.6 is 0 Å². The number of nitrogens with one attached hydrogen (secondary N) is 1. The molecule has 0 atom stereocenters. The fraction of sp³-hybridized carbons (Fsp3) is 0.625. The molecule has 1 aromatic carbocycles. The second kappa shape index (κ2) is 6.40. The van der Waals surface area contributed by atoms with Gasteiger partial charge in [0.1, 0.15) is 5.75 Å². The second-order valence-corrected chi connectivity index (χ2v) is 6.06. The van der Waals surface area contributed by atoms with E-state index < -0.39 is 0 Å². The van der Waals surface area contributed by atoms with E-state index in [-0.39, 0.29) is 12.0 Å². The molecule has 0 aliphatic carbocycles. The van der Waals surface area contributed by atoms with Crippen LogP contribution in [0, 0.1) is 26.2 Å². The molecule has 1 rings (SSSR count). The zero-order chi connectivity index (χ0) is 14.6. The van der Waals surface area contributed by atoms with Gasteiger partial charge in [0.15, 0.2) is 0 Å². The molecular weight excluding hydrogens is 238 g/mol. The van der Waals surface area contributed by atoms with Crippen molar-refractivity contribution in [1.82, 2.24) is 5.32 Å². The lowest BCUT2D eigenvalue weighted by molar-refractivity contribution is 0.156. The minimum atomic E-state index is -0.0789. The Balaban J connectivity index is 2.80. The lowest BCUT2D eigenvalue weighted by Gasteiger charge is -2.23. The number of rotatable bonds is 6. The number of aliphatic hydroxyl groups excluding tert-OH is 1. The topological polar surface area (TPSA) is 41.5 Å². The van der Waals surface area contributed by atoms with Crippen LogP contribution in [0.5, 0.6) is 5.75 Å². The van der Waals surface area contributed by atoms with Gasteiger partial charge in [-0.2, -0.15) is 0 Å². The number of ether oxygens (including phenoxy) is 1. The zero-order valence-electron chi connectivity index (χ0n) is 13.1. The smallest absolute Gasteiger partial charge is 0.124 e. The summed E-state index contributed by atoms with van der Waals surface area (Å²) in [4.78, 5) is 0. The van der Waals surface area contributed by atoms with E-state index >= 15 is 0 Å². The van der Waals surface area contributed by atoms with Gasteiger partial charge in [0.25, 0.3) is 0 Å². The van der Waals surface area contributed by atoms with Crippen molar-refractivity contribution in [3.63, 3.8) is 0 Å². The van der Waals surface area contributed by atoms with E-state index in [1.807, 2.05) is 0 Å². The summed E-state index contributed by atoms with van der Waals surface area (Å²) in [5.74, 6) is 0.983. The van der Waals surface area contributed by atoms with Gasteiger partial charge >= 0.3 is 0 Å². The van der Waals surface area contributed by atoms with E-state index in [0.29, 0.717) is 0 Å². The summed E-state index contributed by atoms with van der Waals surface area (Å²) in [5.41, 5.74) is 4.87. The predicted molar refractivity (Wildman–Crippen MR) is 79.8 cm³/mol. The van der Waals surface area contributed by atoms with E-state index in [1.54, 1.807) is 7.11 Å². The number of aryl methyl sites for hydroxylation is 1. The molecular formula is C16H27NO2. The Bertz CT molecular complexity index is 439. The van der Waals surface area contributed by atoms with Gasteiger partial charge in [0.05, 0.1) is 7.11 Å². The molecule has 0 aliphatic rings. The number of hydrogen-bond donors (Lipinski definition) is 2. The molecule has 2 N–H and O–H groups in total. The molecule has 0 fully saturated rings. The summed E-state index contributed by atoms with van der Waals surface area (Å²) in [5, 5.41) is 12.7. The van der Waals surface area contributed by atoms with Gasteiger partial charge in [-0.1, -0.05) is 19.9 Å². The lowest BCUT2D eigenvalue weighted by atomic mass is 9.94. The fourth-order valence-corrected chi connectivity index (χ4v) is 2.23. The van der Waals surface area contributed by atoms with Gasteiger partial charge in [0.2, 0.25) is 0 Å². The average Bonchev–Trinajstić information content (AvgIpc) is 2.36. The molecule has 3 nitrogen and oxygen atoms in total. The third-order valence-electron chi connectivity index (χ3n) is 3.68. The van der Waals surface area contributed by atoms with Gasteiger partial charge in [0, 0.05) is 25.1 Å². The Kier molecular flexibility index (Phi) is 5.39. The quantitative estimate of drug-likeness (QED) is 0.831. The summed E-state index contributed by atoms with van der Waals surface area (Å²) in [6.07, 6.45) is 0. The van der Waals surface area contributed by atoms with Crippen LogP contribution in [0.3, 0.4) is 0 Å². The first-order chi connectivity index (χ1) is 8.82. The van der Waals surface area contributed by atoms with Gasteiger partial charge < -0.3 is 15.2 Å². The highest BCUT2D eigenvalue weighted by atomic mass is 16.5. The van der Waals surface area contributed by atoms with Crippen LogP contribution in [0.2, 0.25) is 0 Å². The van der Waals surface area contributed by atoms with Gasteiger partial charge in [-0.05, 0) is 43.0 Å². The molecule has 19 heavy (non-hydrogen) atoms. The highest BCUT2D eigenvalue weighted by molar-refractivity contribution is 5.48. The monoisotopic (exact) mass is 265 g/mol. The van der Waals surface area contributed by atoms with Crippen LogP contribution in [0.15, 0.2) is 6.07 Å². The van der Waals surface area contributed by atoms with Crippen LogP contribution in [0.25, 0.3) is 0 Å². The van der Waals surface area contributed by atoms with Crippen molar-refractivity contribution in [3.8, 4) is 5.75 Å². The normalized spacial score (nSPS) is 11.7. The summed E-state index contributed by atoms with van der Waals surface area (Å²) in [6.45, 7) is 12.2. The molecule has 0 aromatic heterocycles. The Morgan fingerprint density at radius 1 is 1.21 bits per heavy atom. The van der Waals surface area contributed by atoms with Gasteiger partial charge in [-0.3, -0.25) is 0 Å². The number of aliphatic hydroxyl groups is 1. The van der Waals surface area contributed by atoms with Gasteiger partial charge in [-0.15, -0.1) is 0 Å². The van der Waals surface area contributed by atoms with E-state index in [4.69, 9.17) is 4.74 Å². The highest BCUT2D eigenvalue weighted by Gasteiger charge is 2.16. The summed E-state index contributed by atoms with van der Waals surface area (Å²) >= 11 is 0. The molecule has 0 heterocycles. The van der Waals surface area contributed by atoms with Crippen LogP contribution < -0.4 is 10.1 Å².